The van der Waals surface area contributed by atoms with Crippen LogP contribution in [0.5, 0.6) is 0 Å². The highest BCUT2D eigenvalue weighted by atomic mass is 32.2. The Hall–Kier alpha value is -2.87. The van der Waals surface area contributed by atoms with Crippen LogP contribution in [0.3, 0.4) is 0 Å². The van der Waals surface area contributed by atoms with E-state index in [0.717, 1.165) is 28.1 Å². The van der Waals surface area contributed by atoms with Crippen molar-refractivity contribution in [2.45, 2.75) is 32.7 Å². The third-order valence-electron chi connectivity index (χ3n) is 5.21. The minimum Gasteiger partial charge on any atom is -0.357 e. The molecule has 0 bridgehead atoms. The highest BCUT2D eigenvalue weighted by Gasteiger charge is 2.29. The Balaban J connectivity index is 2.27. The van der Waals surface area contributed by atoms with Gasteiger partial charge in [0.2, 0.25) is 21.8 Å². The van der Waals surface area contributed by atoms with Crippen LogP contribution in [0.15, 0.2) is 54.6 Å². The molecule has 0 fully saturated rings. The van der Waals surface area contributed by atoms with Crippen LogP contribution >= 0.6 is 0 Å². The van der Waals surface area contributed by atoms with E-state index in [1.165, 1.54) is 11.9 Å². The molecule has 31 heavy (non-hydrogen) atoms. The second kappa shape index (κ2) is 10.9. The zero-order chi connectivity index (χ0) is 23.0. The number of hydrogen-bond acceptors (Lipinski definition) is 4. The van der Waals surface area contributed by atoms with Crippen LogP contribution in [0.1, 0.15) is 25.0 Å². The van der Waals surface area contributed by atoms with E-state index in [4.69, 9.17) is 0 Å². The summed E-state index contributed by atoms with van der Waals surface area (Å²) in [5.74, 6) is -0.739. The van der Waals surface area contributed by atoms with Gasteiger partial charge in [-0.1, -0.05) is 49.4 Å². The van der Waals surface area contributed by atoms with Crippen molar-refractivity contribution in [2.24, 2.45) is 0 Å². The largest absolute Gasteiger partial charge is 0.357 e. The van der Waals surface area contributed by atoms with Crippen molar-refractivity contribution in [1.29, 1.82) is 0 Å². The zero-order valence-corrected chi connectivity index (χ0v) is 19.4. The van der Waals surface area contributed by atoms with Crippen molar-refractivity contribution in [3.8, 4) is 0 Å². The van der Waals surface area contributed by atoms with E-state index in [0.29, 0.717) is 18.7 Å². The van der Waals surface area contributed by atoms with Crippen LogP contribution < -0.4 is 9.62 Å². The Morgan fingerprint density at radius 1 is 1.00 bits per heavy atom. The smallest absolute Gasteiger partial charge is 0.244 e. The van der Waals surface area contributed by atoms with Crippen molar-refractivity contribution < 1.29 is 18.0 Å². The number of aryl methyl sites for hydroxylation is 1. The molecule has 0 aliphatic carbocycles. The van der Waals surface area contributed by atoms with Gasteiger partial charge in [0.15, 0.2) is 0 Å². The van der Waals surface area contributed by atoms with Gasteiger partial charge >= 0.3 is 0 Å². The van der Waals surface area contributed by atoms with Gasteiger partial charge in [0, 0.05) is 13.6 Å². The Kier molecular flexibility index (Phi) is 8.62. The molecule has 0 spiro atoms. The molecule has 2 rings (SSSR count). The number of amides is 2. The molecule has 7 nitrogen and oxygen atoms in total. The highest BCUT2D eigenvalue weighted by Crippen LogP contribution is 2.19. The minimum atomic E-state index is -3.70. The van der Waals surface area contributed by atoms with Gasteiger partial charge in [0.1, 0.15) is 12.6 Å². The van der Waals surface area contributed by atoms with E-state index in [1.54, 1.807) is 19.1 Å². The van der Waals surface area contributed by atoms with Crippen molar-refractivity contribution in [3.05, 3.63) is 65.7 Å². The molecular weight excluding hydrogens is 414 g/mol. The summed E-state index contributed by atoms with van der Waals surface area (Å²) in [6, 6.07) is 16.0. The molecule has 0 aliphatic rings. The van der Waals surface area contributed by atoms with Crippen LogP contribution in [-0.2, 0) is 32.5 Å². The molecule has 2 aromatic rings. The first-order valence-electron chi connectivity index (χ1n) is 10.3. The third-order valence-corrected chi connectivity index (χ3v) is 6.35. The van der Waals surface area contributed by atoms with Crippen LogP contribution in [0, 0.1) is 0 Å². The lowest BCUT2D eigenvalue weighted by Gasteiger charge is -2.31. The first-order chi connectivity index (χ1) is 14.7. The Morgan fingerprint density at radius 2 is 1.61 bits per heavy atom. The number of carbonyl (C=O) groups is 2. The number of likely N-dealkylation sites (N-methyl/N-ethyl adjacent to an activating group) is 1. The molecule has 2 aromatic carbocycles. The number of anilines is 1. The summed E-state index contributed by atoms with van der Waals surface area (Å²) in [5.41, 5.74) is 2.52. The van der Waals surface area contributed by atoms with Gasteiger partial charge in [-0.3, -0.25) is 13.9 Å². The summed E-state index contributed by atoms with van der Waals surface area (Å²) >= 11 is 0. The lowest BCUT2D eigenvalue weighted by Crippen LogP contribution is -2.51. The fourth-order valence-electron chi connectivity index (χ4n) is 3.29. The molecule has 2 amide bonds. The van der Waals surface area contributed by atoms with Crippen LogP contribution in [0.2, 0.25) is 0 Å². The van der Waals surface area contributed by atoms with Gasteiger partial charge < -0.3 is 10.2 Å². The Bertz CT molecular complexity index is 976. The van der Waals surface area contributed by atoms with E-state index in [-0.39, 0.29) is 12.5 Å². The lowest BCUT2D eigenvalue weighted by atomic mass is 10.1. The van der Waals surface area contributed by atoms with Gasteiger partial charge in [0.25, 0.3) is 0 Å². The van der Waals surface area contributed by atoms with E-state index in [9.17, 15) is 18.0 Å². The predicted molar refractivity (Wildman–Crippen MR) is 123 cm³/mol. The average Bonchev–Trinajstić information content (AvgIpc) is 2.76. The topological polar surface area (TPSA) is 86.8 Å². The SMILES string of the molecule is CCc1ccc(N(CC(=O)N(CCc2ccccc2)[C@H](C)C(=O)NC)S(C)(=O)=O)cc1. The number of rotatable bonds is 10. The maximum absolute atomic E-state index is 13.2. The standard InChI is InChI=1S/C23H31N3O4S/c1-5-19-11-13-21(14-12-19)26(31(4,29)30)17-22(27)25(18(2)23(28)24-3)16-15-20-9-7-6-8-10-20/h6-14,18H,5,15-17H2,1-4H3,(H,24,28)/t18-/m1/s1. The average molecular weight is 446 g/mol. The third kappa shape index (κ3) is 6.82. The van der Waals surface area contributed by atoms with E-state index >= 15 is 0 Å². The number of carbonyl (C=O) groups excluding carboxylic acids is 2. The molecule has 0 saturated carbocycles. The fourth-order valence-corrected chi connectivity index (χ4v) is 4.14. The molecule has 0 aliphatic heterocycles. The number of benzene rings is 2. The molecular formula is C23H31N3O4S. The quantitative estimate of drug-likeness (QED) is 0.608. The van der Waals surface area contributed by atoms with E-state index in [1.807, 2.05) is 49.4 Å². The van der Waals surface area contributed by atoms with Crippen molar-refractivity contribution in [2.75, 3.05) is 30.7 Å². The second-order valence-electron chi connectivity index (χ2n) is 7.40. The maximum Gasteiger partial charge on any atom is 0.244 e. The molecule has 0 aromatic heterocycles. The summed E-state index contributed by atoms with van der Waals surface area (Å²) in [4.78, 5) is 26.9. The van der Waals surface area contributed by atoms with Gasteiger partial charge in [-0.25, -0.2) is 8.42 Å². The van der Waals surface area contributed by atoms with Crippen LogP contribution in [-0.4, -0.2) is 57.6 Å². The lowest BCUT2D eigenvalue weighted by molar-refractivity contribution is -0.138. The summed E-state index contributed by atoms with van der Waals surface area (Å²) in [6.45, 7) is 3.57. The maximum atomic E-state index is 13.2. The molecule has 1 atom stereocenters. The number of sulfonamides is 1. The molecule has 168 valence electrons. The number of hydrogen-bond donors (Lipinski definition) is 1. The van der Waals surface area contributed by atoms with E-state index < -0.39 is 22.0 Å². The van der Waals surface area contributed by atoms with E-state index in [2.05, 4.69) is 5.32 Å². The number of nitrogens with one attached hydrogen (secondary N) is 1. The predicted octanol–water partition coefficient (Wildman–Crippen LogP) is 2.22. The molecule has 1 N–H and O–H groups in total. The molecule has 0 radical (unpaired) electrons. The summed E-state index contributed by atoms with van der Waals surface area (Å²) < 4.78 is 26.0. The van der Waals surface area contributed by atoms with Gasteiger partial charge in [-0.2, -0.15) is 0 Å². The monoisotopic (exact) mass is 445 g/mol. The Morgan fingerprint density at radius 3 is 2.13 bits per heavy atom. The molecule has 0 heterocycles. The zero-order valence-electron chi connectivity index (χ0n) is 18.5. The minimum absolute atomic E-state index is 0.295. The van der Waals surface area contributed by atoms with Crippen molar-refractivity contribution in [1.82, 2.24) is 10.2 Å². The fraction of sp³-hybridized carbons (Fsp3) is 0.391. The molecule has 8 heteroatoms. The van der Waals surface area contributed by atoms with Gasteiger partial charge in [0.05, 0.1) is 11.9 Å². The van der Waals surface area contributed by atoms with Gasteiger partial charge in [-0.15, -0.1) is 0 Å². The first-order valence-corrected chi connectivity index (χ1v) is 12.1. The second-order valence-corrected chi connectivity index (χ2v) is 9.31. The highest BCUT2D eigenvalue weighted by molar-refractivity contribution is 7.92. The normalized spacial score (nSPS) is 12.1. The van der Waals surface area contributed by atoms with Crippen LogP contribution in [0.25, 0.3) is 0 Å². The van der Waals surface area contributed by atoms with Gasteiger partial charge in [-0.05, 0) is 43.0 Å². The first kappa shape index (κ1) is 24.4. The summed E-state index contributed by atoms with van der Waals surface area (Å²) in [7, 11) is -2.19. The van der Waals surface area contributed by atoms with Crippen molar-refractivity contribution in [3.63, 3.8) is 0 Å². The summed E-state index contributed by atoms with van der Waals surface area (Å²) in [6.07, 6.45) is 2.46. The Labute approximate surface area is 185 Å². The number of nitrogens with zero attached hydrogens (tertiary/aromatic N) is 2. The van der Waals surface area contributed by atoms with Crippen molar-refractivity contribution >= 4 is 27.5 Å². The van der Waals surface area contributed by atoms with Crippen LogP contribution in [0.4, 0.5) is 5.69 Å². The summed E-state index contributed by atoms with van der Waals surface area (Å²) in [5, 5.41) is 2.56. The molecule has 0 unspecified atom stereocenters. The molecule has 0 saturated heterocycles.